The molecule has 1 heterocycles. The molecule has 0 aliphatic carbocycles. The van der Waals surface area contributed by atoms with Crippen molar-refractivity contribution in [1.29, 1.82) is 0 Å². The second kappa shape index (κ2) is 3.99. The highest BCUT2D eigenvalue weighted by atomic mass is 79.9. The van der Waals surface area contributed by atoms with Crippen LogP contribution in [0.3, 0.4) is 0 Å². The lowest BCUT2D eigenvalue weighted by Gasteiger charge is -2.07. The van der Waals surface area contributed by atoms with E-state index in [2.05, 4.69) is 20.9 Å². The number of hydrogen-bond acceptors (Lipinski definition) is 2. The van der Waals surface area contributed by atoms with Gasteiger partial charge in [0.15, 0.2) is 0 Å². The molecule has 0 saturated carbocycles. The standard InChI is InChI=1S/C11H9BrClNO/c1-6-3-8-9(14-11(6)13)4-7(12)5-10(8)15-2/h3-5H,1-2H3. The van der Waals surface area contributed by atoms with Gasteiger partial charge in [-0.1, -0.05) is 27.5 Å². The Morgan fingerprint density at radius 2 is 2.07 bits per heavy atom. The van der Waals surface area contributed by atoms with Gasteiger partial charge in [0.25, 0.3) is 0 Å². The SMILES string of the molecule is COc1cc(Br)cc2nc(Cl)c(C)cc12. The van der Waals surface area contributed by atoms with Crippen molar-refractivity contribution in [2.24, 2.45) is 0 Å². The fourth-order valence-electron chi connectivity index (χ4n) is 1.46. The van der Waals surface area contributed by atoms with E-state index in [0.29, 0.717) is 5.15 Å². The summed E-state index contributed by atoms with van der Waals surface area (Å²) in [6.45, 7) is 1.93. The molecule has 0 spiro atoms. The van der Waals surface area contributed by atoms with E-state index in [9.17, 15) is 0 Å². The minimum absolute atomic E-state index is 0.530. The molecule has 0 N–H and O–H groups in total. The predicted octanol–water partition coefficient (Wildman–Crippen LogP) is 3.97. The van der Waals surface area contributed by atoms with Gasteiger partial charge in [0.1, 0.15) is 10.9 Å². The second-order valence-electron chi connectivity index (χ2n) is 3.27. The molecular weight excluding hydrogens is 277 g/mol. The molecule has 4 heteroatoms. The summed E-state index contributed by atoms with van der Waals surface area (Å²) in [5.41, 5.74) is 1.78. The van der Waals surface area contributed by atoms with E-state index in [0.717, 1.165) is 26.7 Å². The van der Waals surface area contributed by atoms with Crippen molar-refractivity contribution in [3.8, 4) is 5.75 Å². The Bertz CT molecular complexity index is 527. The van der Waals surface area contributed by atoms with Crippen molar-refractivity contribution in [2.75, 3.05) is 7.11 Å². The summed E-state index contributed by atoms with van der Waals surface area (Å²) in [5.74, 6) is 0.798. The molecule has 0 aliphatic heterocycles. The van der Waals surface area contributed by atoms with Crippen molar-refractivity contribution >= 4 is 38.4 Å². The van der Waals surface area contributed by atoms with Gasteiger partial charge in [-0.15, -0.1) is 0 Å². The van der Waals surface area contributed by atoms with Gasteiger partial charge in [-0.2, -0.15) is 0 Å². The van der Waals surface area contributed by atoms with Crippen LogP contribution in [0.15, 0.2) is 22.7 Å². The van der Waals surface area contributed by atoms with Crippen molar-refractivity contribution in [1.82, 2.24) is 4.98 Å². The zero-order valence-corrected chi connectivity index (χ0v) is 10.7. The average molecular weight is 287 g/mol. The first-order valence-corrected chi connectivity index (χ1v) is 5.59. The Labute approximate surface area is 101 Å². The van der Waals surface area contributed by atoms with Crippen molar-refractivity contribution in [3.63, 3.8) is 0 Å². The van der Waals surface area contributed by atoms with Crippen LogP contribution >= 0.6 is 27.5 Å². The minimum Gasteiger partial charge on any atom is -0.496 e. The van der Waals surface area contributed by atoms with E-state index in [1.165, 1.54) is 0 Å². The van der Waals surface area contributed by atoms with Crippen LogP contribution in [-0.4, -0.2) is 12.1 Å². The maximum Gasteiger partial charge on any atom is 0.132 e. The smallest absolute Gasteiger partial charge is 0.132 e. The topological polar surface area (TPSA) is 22.1 Å². The summed E-state index contributed by atoms with van der Waals surface area (Å²) in [5, 5.41) is 1.50. The van der Waals surface area contributed by atoms with Crippen LogP contribution in [-0.2, 0) is 0 Å². The van der Waals surface area contributed by atoms with E-state index < -0.39 is 0 Å². The van der Waals surface area contributed by atoms with Crippen LogP contribution in [0.5, 0.6) is 5.75 Å². The summed E-state index contributed by atoms with van der Waals surface area (Å²) in [4.78, 5) is 4.30. The van der Waals surface area contributed by atoms with Gasteiger partial charge in [0, 0.05) is 9.86 Å². The zero-order valence-electron chi connectivity index (χ0n) is 8.34. The highest BCUT2D eigenvalue weighted by molar-refractivity contribution is 9.10. The first-order valence-electron chi connectivity index (χ1n) is 4.42. The van der Waals surface area contributed by atoms with Crippen LogP contribution in [0, 0.1) is 6.92 Å². The number of methoxy groups -OCH3 is 1. The van der Waals surface area contributed by atoms with Crippen LogP contribution < -0.4 is 4.74 Å². The van der Waals surface area contributed by atoms with E-state index in [-0.39, 0.29) is 0 Å². The van der Waals surface area contributed by atoms with Crippen LogP contribution in [0.25, 0.3) is 10.9 Å². The maximum atomic E-state index is 5.97. The van der Waals surface area contributed by atoms with Crippen molar-refractivity contribution in [2.45, 2.75) is 6.92 Å². The van der Waals surface area contributed by atoms with Gasteiger partial charge in [-0.25, -0.2) is 4.98 Å². The maximum absolute atomic E-state index is 5.97. The summed E-state index contributed by atoms with van der Waals surface area (Å²) in [6.07, 6.45) is 0. The third kappa shape index (κ3) is 1.94. The number of rotatable bonds is 1. The Balaban J connectivity index is 2.84. The predicted molar refractivity (Wildman–Crippen MR) is 65.7 cm³/mol. The molecule has 2 aromatic rings. The molecule has 78 valence electrons. The molecular formula is C11H9BrClNO. The third-order valence-corrected chi connectivity index (χ3v) is 3.05. The van der Waals surface area contributed by atoms with Gasteiger partial charge in [-0.05, 0) is 30.7 Å². The lowest BCUT2D eigenvalue weighted by molar-refractivity contribution is 0.419. The molecule has 2 nitrogen and oxygen atoms in total. The van der Waals surface area contributed by atoms with E-state index >= 15 is 0 Å². The number of fused-ring (bicyclic) bond motifs is 1. The Hall–Kier alpha value is -0.800. The minimum atomic E-state index is 0.530. The number of aryl methyl sites for hydroxylation is 1. The number of aromatic nitrogens is 1. The number of nitrogens with zero attached hydrogens (tertiary/aromatic N) is 1. The molecule has 15 heavy (non-hydrogen) atoms. The number of hydrogen-bond donors (Lipinski definition) is 0. The molecule has 0 bridgehead atoms. The first-order chi connectivity index (χ1) is 7.11. The van der Waals surface area contributed by atoms with E-state index in [1.807, 2.05) is 25.1 Å². The Kier molecular flexibility index (Phi) is 2.85. The molecule has 0 radical (unpaired) electrons. The van der Waals surface area contributed by atoms with Gasteiger partial charge < -0.3 is 4.74 Å². The van der Waals surface area contributed by atoms with Crippen LogP contribution in [0.2, 0.25) is 5.15 Å². The highest BCUT2D eigenvalue weighted by Crippen LogP contribution is 2.31. The zero-order chi connectivity index (χ0) is 11.0. The van der Waals surface area contributed by atoms with E-state index in [4.69, 9.17) is 16.3 Å². The summed E-state index contributed by atoms with van der Waals surface area (Å²) < 4.78 is 6.22. The Morgan fingerprint density at radius 1 is 1.33 bits per heavy atom. The fourth-order valence-corrected chi connectivity index (χ4v) is 2.03. The molecule has 1 aromatic heterocycles. The van der Waals surface area contributed by atoms with E-state index in [1.54, 1.807) is 7.11 Å². The summed E-state index contributed by atoms with van der Waals surface area (Å²) >= 11 is 9.37. The van der Waals surface area contributed by atoms with Gasteiger partial charge in [0.05, 0.1) is 12.6 Å². The Morgan fingerprint density at radius 3 is 2.73 bits per heavy atom. The molecule has 0 fully saturated rings. The molecule has 0 saturated heterocycles. The first kappa shape index (κ1) is 10.7. The number of halogens is 2. The normalized spacial score (nSPS) is 10.7. The van der Waals surface area contributed by atoms with Crippen molar-refractivity contribution in [3.05, 3.63) is 33.4 Å². The fraction of sp³-hybridized carbons (Fsp3) is 0.182. The molecule has 1 aromatic carbocycles. The second-order valence-corrected chi connectivity index (χ2v) is 4.54. The third-order valence-electron chi connectivity index (χ3n) is 2.21. The molecule has 0 atom stereocenters. The summed E-state index contributed by atoms with van der Waals surface area (Å²) in [6, 6.07) is 5.82. The van der Waals surface area contributed by atoms with Gasteiger partial charge in [0.2, 0.25) is 0 Å². The lowest BCUT2D eigenvalue weighted by atomic mass is 10.1. The van der Waals surface area contributed by atoms with Crippen molar-refractivity contribution < 1.29 is 4.74 Å². The van der Waals surface area contributed by atoms with Crippen LogP contribution in [0.4, 0.5) is 0 Å². The molecule has 0 unspecified atom stereocenters. The number of pyridine rings is 1. The largest absolute Gasteiger partial charge is 0.496 e. The van der Waals surface area contributed by atoms with Gasteiger partial charge in [-0.3, -0.25) is 0 Å². The molecule has 0 aliphatic rings. The number of ether oxygens (including phenoxy) is 1. The van der Waals surface area contributed by atoms with Gasteiger partial charge >= 0.3 is 0 Å². The summed E-state index contributed by atoms with van der Waals surface area (Å²) in [7, 11) is 1.64. The van der Waals surface area contributed by atoms with Crippen LogP contribution in [0.1, 0.15) is 5.56 Å². The average Bonchev–Trinajstić information content (AvgIpc) is 2.19. The quantitative estimate of drug-likeness (QED) is 0.740. The molecule has 2 rings (SSSR count). The number of benzene rings is 1. The molecule has 0 amide bonds. The lowest BCUT2D eigenvalue weighted by Crippen LogP contribution is -1.89. The highest BCUT2D eigenvalue weighted by Gasteiger charge is 2.07. The monoisotopic (exact) mass is 285 g/mol.